The van der Waals surface area contributed by atoms with Crippen LogP contribution in [0, 0.1) is 13.8 Å². The number of rotatable bonds is 7. The largest absolute Gasteiger partial charge is 0.386 e. The van der Waals surface area contributed by atoms with Crippen LogP contribution in [0.2, 0.25) is 0 Å². The average molecular weight is 284 g/mol. The molecule has 2 heteroatoms. The van der Waals surface area contributed by atoms with E-state index in [9.17, 15) is 5.11 Å². The molecule has 2 nitrogen and oxygen atoms in total. The summed E-state index contributed by atoms with van der Waals surface area (Å²) in [6, 6.07) is 16.5. The lowest BCUT2D eigenvalue weighted by Crippen LogP contribution is -2.09. The maximum Gasteiger partial charge on any atom is 0.102 e. The van der Waals surface area contributed by atoms with Gasteiger partial charge >= 0.3 is 0 Å². The van der Waals surface area contributed by atoms with Crippen LogP contribution < -0.4 is 0 Å². The molecular weight excluding hydrogens is 260 g/mol. The number of hydrogen-bond acceptors (Lipinski definition) is 2. The van der Waals surface area contributed by atoms with Crippen LogP contribution >= 0.6 is 0 Å². The molecule has 0 bridgehead atoms. The highest BCUT2D eigenvalue weighted by molar-refractivity contribution is 5.29. The highest BCUT2D eigenvalue weighted by Gasteiger charge is 2.08. The van der Waals surface area contributed by atoms with Crippen LogP contribution in [0.25, 0.3) is 0 Å². The number of aryl methyl sites for hydroxylation is 3. The molecule has 0 aliphatic heterocycles. The van der Waals surface area contributed by atoms with Crippen molar-refractivity contribution >= 4 is 0 Å². The van der Waals surface area contributed by atoms with Gasteiger partial charge in [0.25, 0.3) is 0 Å². The fraction of sp³-hybridized carbons (Fsp3) is 0.368. The summed E-state index contributed by atoms with van der Waals surface area (Å²) in [5, 5.41) is 10.2. The van der Waals surface area contributed by atoms with Gasteiger partial charge in [-0.1, -0.05) is 59.7 Å². The zero-order valence-corrected chi connectivity index (χ0v) is 12.9. The quantitative estimate of drug-likeness (QED) is 0.779. The average Bonchev–Trinajstić information content (AvgIpc) is 2.47. The van der Waals surface area contributed by atoms with E-state index >= 15 is 0 Å². The maximum absolute atomic E-state index is 10.2. The van der Waals surface area contributed by atoms with Crippen LogP contribution in [0.4, 0.5) is 0 Å². The second-order valence-corrected chi connectivity index (χ2v) is 5.60. The Morgan fingerprint density at radius 3 is 2.33 bits per heavy atom. The fourth-order valence-corrected chi connectivity index (χ4v) is 2.52. The third-order valence-electron chi connectivity index (χ3n) is 3.50. The van der Waals surface area contributed by atoms with Crippen molar-refractivity contribution in [3.63, 3.8) is 0 Å². The molecule has 0 amide bonds. The molecular formula is C19H24O2. The van der Waals surface area contributed by atoms with Gasteiger partial charge in [-0.2, -0.15) is 0 Å². The van der Waals surface area contributed by atoms with Crippen LogP contribution in [-0.2, 0) is 11.2 Å². The molecule has 21 heavy (non-hydrogen) atoms. The first-order valence-corrected chi connectivity index (χ1v) is 7.53. The van der Waals surface area contributed by atoms with Crippen molar-refractivity contribution < 1.29 is 9.84 Å². The lowest BCUT2D eigenvalue weighted by atomic mass is 10.0. The van der Waals surface area contributed by atoms with E-state index in [4.69, 9.17) is 4.74 Å². The molecule has 1 N–H and O–H groups in total. The van der Waals surface area contributed by atoms with E-state index < -0.39 is 6.10 Å². The third-order valence-corrected chi connectivity index (χ3v) is 3.50. The molecule has 2 aromatic rings. The first-order valence-electron chi connectivity index (χ1n) is 7.53. The predicted octanol–water partition coefficient (Wildman–Crippen LogP) is 3.99. The molecule has 0 saturated heterocycles. The molecule has 0 radical (unpaired) electrons. The van der Waals surface area contributed by atoms with Gasteiger partial charge in [-0.15, -0.1) is 0 Å². The molecule has 2 rings (SSSR count). The Morgan fingerprint density at radius 2 is 1.67 bits per heavy atom. The zero-order chi connectivity index (χ0) is 15.1. The number of benzene rings is 2. The van der Waals surface area contributed by atoms with Gasteiger partial charge in [0, 0.05) is 6.61 Å². The van der Waals surface area contributed by atoms with E-state index in [1.54, 1.807) is 0 Å². The van der Waals surface area contributed by atoms with Gasteiger partial charge in [0.15, 0.2) is 0 Å². The Labute approximate surface area is 127 Å². The molecule has 0 aromatic heterocycles. The number of hydrogen-bond donors (Lipinski definition) is 1. The van der Waals surface area contributed by atoms with Crippen molar-refractivity contribution in [3.8, 4) is 0 Å². The number of ether oxygens (including phenoxy) is 1. The summed E-state index contributed by atoms with van der Waals surface area (Å²) < 4.78 is 5.60. The molecule has 1 atom stereocenters. The minimum Gasteiger partial charge on any atom is -0.386 e. The first kappa shape index (κ1) is 15.7. The van der Waals surface area contributed by atoms with Gasteiger partial charge in [-0.25, -0.2) is 0 Å². The van der Waals surface area contributed by atoms with Crippen molar-refractivity contribution in [1.82, 2.24) is 0 Å². The normalized spacial score (nSPS) is 12.3. The Bertz CT molecular complexity index is 528. The lowest BCUT2D eigenvalue weighted by Gasteiger charge is -2.13. The van der Waals surface area contributed by atoms with Crippen molar-refractivity contribution in [1.29, 1.82) is 0 Å². The number of aliphatic hydroxyl groups is 1. The van der Waals surface area contributed by atoms with Crippen molar-refractivity contribution in [2.24, 2.45) is 0 Å². The van der Waals surface area contributed by atoms with E-state index in [0.717, 1.165) is 18.4 Å². The first-order chi connectivity index (χ1) is 10.1. The summed E-state index contributed by atoms with van der Waals surface area (Å²) in [5.41, 5.74) is 4.62. The second-order valence-electron chi connectivity index (χ2n) is 5.60. The smallest absolute Gasteiger partial charge is 0.102 e. The molecule has 0 spiro atoms. The van der Waals surface area contributed by atoms with E-state index in [-0.39, 0.29) is 0 Å². The third kappa shape index (κ3) is 5.33. The zero-order valence-electron chi connectivity index (χ0n) is 12.9. The van der Waals surface area contributed by atoms with Gasteiger partial charge in [0.05, 0.1) is 6.61 Å². The fourth-order valence-electron chi connectivity index (χ4n) is 2.52. The molecule has 0 heterocycles. The monoisotopic (exact) mass is 284 g/mol. The lowest BCUT2D eigenvalue weighted by molar-refractivity contribution is 0.0351. The molecule has 0 fully saturated rings. The number of aliphatic hydroxyl groups excluding tert-OH is 1. The summed E-state index contributed by atoms with van der Waals surface area (Å²) in [6.45, 7) is 5.13. The topological polar surface area (TPSA) is 29.5 Å². The van der Waals surface area contributed by atoms with Crippen LogP contribution in [0.15, 0.2) is 48.5 Å². The van der Waals surface area contributed by atoms with Crippen LogP contribution in [-0.4, -0.2) is 18.3 Å². The molecule has 0 saturated carbocycles. The SMILES string of the molecule is Cc1cc(C)cc(C(O)COCCCc2ccccc2)c1. The molecule has 1 unspecified atom stereocenters. The Balaban J connectivity index is 1.70. The van der Waals surface area contributed by atoms with E-state index in [1.165, 1.54) is 16.7 Å². The van der Waals surface area contributed by atoms with Gasteiger partial charge < -0.3 is 9.84 Å². The van der Waals surface area contributed by atoms with Crippen LogP contribution in [0.3, 0.4) is 0 Å². The summed E-state index contributed by atoms with van der Waals surface area (Å²) >= 11 is 0. The summed E-state index contributed by atoms with van der Waals surface area (Å²) in [4.78, 5) is 0. The van der Waals surface area contributed by atoms with Gasteiger partial charge in [0.2, 0.25) is 0 Å². The van der Waals surface area contributed by atoms with E-state index in [0.29, 0.717) is 13.2 Å². The van der Waals surface area contributed by atoms with Gasteiger partial charge in [-0.3, -0.25) is 0 Å². The molecule has 2 aromatic carbocycles. The van der Waals surface area contributed by atoms with Crippen LogP contribution in [0.1, 0.15) is 34.8 Å². The Kier molecular flexibility index (Phi) is 5.97. The van der Waals surface area contributed by atoms with Crippen molar-refractivity contribution in [2.45, 2.75) is 32.8 Å². The maximum atomic E-state index is 10.2. The standard InChI is InChI=1S/C19H24O2/c1-15-11-16(2)13-18(12-15)19(20)14-21-10-6-9-17-7-4-3-5-8-17/h3-5,7-8,11-13,19-20H,6,9-10,14H2,1-2H3. The van der Waals surface area contributed by atoms with Crippen molar-refractivity contribution in [3.05, 3.63) is 70.8 Å². The van der Waals surface area contributed by atoms with Crippen molar-refractivity contribution in [2.75, 3.05) is 13.2 Å². The molecule has 0 aliphatic carbocycles. The van der Waals surface area contributed by atoms with Gasteiger partial charge in [-0.05, 0) is 37.8 Å². The van der Waals surface area contributed by atoms with E-state index in [2.05, 4.69) is 30.3 Å². The summed E-state index contributed by atoms with van der Waals surface area (Å²) in [6.07, 6.45) is 1.45. The van der Waals surface area contributed by atoms with Gasteiger partial charge in [0.1, 0.15) is 6.10 Å². The van der Waals surface area contributed by atoms with Crippen LogP contribution in [0.5, 0.6) is 0 Å². The Morgan fingerprint density at radius 1 is 1.00 bits per heavy atom. The highest BCUT2D eigenvalue weighted by Crippen LogP contribution is 2.17. The van der Waals surface area contributed by atoms with E-state index in [1.807, 2.05) is 32.0 Å². The Hall–Kier alpha value is -1.64. The molecule has 0 aliphatic rings. The second kappa shape index (κ2) is 7.96. The summed E-state index contributed by atoms with van der Waals surface area (Å²) in [5.74, 6) is 0. The minimum atomic E-state index is -0.541. The minimum absolute atomic E-state index is 0.359. The molecule has 112 valence electrons. The summed E-state index contributed by atoms with van der Waals surface area (Å²) in [7, 11) is 0. The predicted molar refractivity (Wildman–Crippen MR) is 86.5 cm³/mol. The highest BCUT2D eigenvalue weighted by atomic mass is 16.5.